The molecule has 1 heterocycles. The molecule has 1 aliphatic heterocycles. The van der Waals surface area contributed by atoms with Gasteiger partial charge in [0.25, 0.3) is 0 Å². The lowest BCUT2D eigenvalue weighted by Gasteiger charge is -2.24. The fourth-order valence-electron chi connectivity index (χ4n) is 4.20. The number of amides is 2. The van der Waals surface area contributed by atoms with Crippen LogP contribution in [-0.2, 0) is 20.8 Å². The molecule has 3 aliphatic rings. The molecule has 3 N–H and O–H groups in total. The number of carboxylic acids is 1. The lowest BCUT2D eigenvalue weighted by molar-refractivity contribution is -0.146. The molecule has 2 amide bonds. The molecule has 2 aliphatic carbocycles. The second-order valence-corrected chi connectivity index (χ2v) is 6.75. The number of carbonyl (C=O) groups is 3. The first kappa shape index (κ1) is 14.9. The number of aliphatic carboxylic acids is 1. The summed E-state index contributed by atoms with van der Waals surface area (Å²) in [5, 5.41) is 15.1. The number of nitrogens with one attached hydrogen (secondary N) is 2. The van der Waals surface area contributed by atoms with E-state index in [4.69, 9.17) is 0 Å². The van der Waals surface area contributed by atoms with Crippen LogP contribution in [0.15, 0.2) is 30.4 Å². The average molecular weight is 326 g/mol. The first-order valence-corrected chi connectivity index (χ1v) is 8.17. The van der Waals surface area contributed by atoms with Gasteiger partial charge in [0, 0.05) is 17.8 Å². The zero-order valence-electron chi connectivity index (χ0n) is 13.0. The molecule has 1 saturated carbocycles. The molecular formula is C18H18N2O4. The molecular weight excluding hydrogens is 308 g/mol. The molecule has 0 radical (unpaired) electrons. The van der Waals surface area contributed by atoms with Gasteiger partial charge in [0.05, 0.1) is 11.8 Å². The molecule has 124 valence electrons. The quantitative estimate of drug-likeness (QED) is 0.741. The van der Waals surface area contributed by atoms with Gasteiger partial charge in [-0.2, -0.15) is 0 Å². The molecule has 4 rings (SSSR count). The molecule has 4 atom stereocenters. The van der Waals surface area contributed by atoms with Crippen LogP contribution in [0.5, 0.6) is 0 Å². The summed E-state index contributed by atoms with van der Waals surface area (Å²) in [6, 6.07) is 5.37. The number of anilines is 2. The predicted octanol–water partition coefficient (Wildman–Crippen LogP) is 2.03. The fourth-order valence-corrected chi connectivity index (χ4v) is 4.20. The molecule has 2 bridgehead atoms. The van der Waals surface area contributed by atoms with Crippen LogP contribution < -0.4 is 10.6 Å². The van der Waals surface area contributed by atoms with Crippen molar-refractivity contribution in [2.75, 3.05) is 10.6 Å². The van der Waals surface area contributed by atoms with E-state index in [-0.39, 0.29) is 23.7 Å². The van der Waals surface area contributed by atoms with Gasteiger partial charge in [-0.05, 0) is 48.4 Å². The predicted molar refractivity (Wildman–Crippen MR) is 87.4 cm³/mol. The number of aryl methyl sites for hydroxylation is 1. The Labute approximate surface area is 138 Å². The van der Waals surface area contributed by atoms with E-state index >= 15 is 0 Å². The Morgan fingerprint density at radius 2 is 1.88 bits per heavy atom. The SMILES string of the molecule is O=C1CCc2cc(NC(=O)[C@H]3[C@H](C(=O)O)[C@H]4C=C[C@H]3C4)ccc2N1. The number of carboxylic acid groups (broad SMARTS) is 1. The highest BCUT2D eigenvalue weighted by Crippen LogP contribution is 2.48. The smallest absolute Gasteiger partial charge is 0.307 e. The highest BCUT2D eigenvalue weighted by atomic mass is 16.4. The van der Waals surface area contributed by atoms with Crippen LogP contribution in [-0.4, -0.2) is 22.9 Å². The third-order valence-corrected chi connectivity index (χ3v) is 5.32. The van der Waals surface area contributed by atoms with Crippen molar-refractivity contribution in [2.24, 2.45) is 23.7 Å². The topological polar surface area (TPSA) is 95.5 Å². The van der Waals surface area contributed by atoms with Crippen molar-refractivity contribution in [1.82, 2.24) is 0 Å². The van der Waals surface area contributed by atoms with Crippen LogP contribution in [0.2, 0.25) is 0 Å². The Morgan fingerprint density at radius 1 is 1.12 bits per heavy atom. The Hall–Kier alpha value is -2.63. The van der Waals surface area contributed by atoms with Crippen molar-refractivity contribution >= 4 is 29.2 Å². The van der Waals surface area contributed by atoms with Gasteiger partial charge in [-0.3, -0.25) is 14.4 Å². The fraction of sp³-hybridized carbons (Fsp3) is 0.389. The number of allylic oxidation sites excluding steroid dienone is 2. The van der Waals surface area contributed by atoms with Gasteiger partial charge >= 0.3 is 5.97 Å². The zero-order chi connectivity index (χ0) is 16.8. The standard InChI is InChI=1S/C18H18N2O4/c21-14-6-3-9-8-12(4-5-13(9)20-14)19-17(22)15-10-1-2-11(7-10)16(15)18(23)24/h1-2,4-5,8,10-11,15-16H,3,6-7H2,(H,19,22)(H,20,21)(H,23,24)/t10-,11-,15+,16+/m0/s1. The van der Waals surface area contributed by atoms with Crippen LogP contribution in [0.25, 0.3) is 0 Å². The van der Waals surface area contributed by atoms with E-state index in [1.54, 1.807) is 12.1 Å². The molecule has 6 heteroatoms. The summed E-state index contributed by atoms with van der Waals surface area (Å²) in [6.45, 7) is 0. The summed E-state index contributed by atoms with van der Waals surface area (Å²) in [5.74, 6) is -2.34. The van der Waals surface area contributed by atoms with Gasteiger partial charge < -0.3 is 15.7 Å². The summed E-state index contributed by atoms with van der Waals surface area (Å²) < 4.78 is 0. The van der Waals surface area contributed by atoms with E-state index < -0.39 is 17.8 Å². The van der Waals surface area contributed by atoms with Gasteiger partial charge in [0.1, 0.15) is 0 Å². The Balaban J connectivity index is 1.53. The summed E-state index contributed by atoms with van der Waals surface area (Å²) in [6.07, 6.45) is 5.71. The molecule has 24 heavy (non-hydrogen) atoms. The maximum Gasteiger partial charge on any atom is 0.307 e. The number of hydrogen-bond donors (Lipinski definition) is 3. The molecule has 0 aromatic heterocycles. The monoisotopic (exact) mass is 326 g/mol. The maximum atomic E-state index is 12.7. The van der Waals surface area contributed by atoms with Crippen molar-refractivity contribution in [3.05, 3.63) is 35.9 Å². The van der Waals surface area contributed by atoms with Gasteiger partial charge in [0.15, 0.2) is 0 Å². The van der Waals surface area contributed by atoms with Crippen LogP contribution in [0.3, 0.4) is 0 Å². The highest BCUT2D eigenvalue weighted by Gasteiger charge is 2.51. The molecule has 0 saturated heterocycles. The Kier molecular flexibility index (Phi) is 3.40. The lowest BCUT2D eigenvalue weighted by atomic mass is 9.82. The first-order chi connectivity index (χ1) is 11.5. The highest BCUT2D eigenvalue weighted by molar-refractivity contribution is 5.98. The van der Waals surface area contributed by atoms with Gasteiger partial charge in [-0.1, -0.05) is 12.2 Å². The van der Waals surface area contributed by atoms with E-state index in [0.717, 1.165) is 17.7 Å². The van der Waals surface area contributed by atoms with E-state index in [0.29, 0.717) is 18.5 Å². The van der Waals surface area contributed by atoms with Crippen molar-refractivity contribution in [1.29, 1.82) is 0 Å². The van der Waals surface area contributed by atoms with Gasteiger partial charge in [0.2, 0.25) is 11.8 Å². The largest absolute Gasteiger partial charge is 0.481 e. The van der Waals surface area contributed by atoms with Crippen LogP contribution in [0, 0.1) is 23.7 Å². The molecule has 1 aromatic rings. The normalized spacial score (nSPS) is 29.9. The van der Waals surface area contributed by atoms with Crippen LogP contribution in [0.4, 0.5) is 11.4 Å². The van der Waals surface area contributed by atoms with Gasteiger partial charge in [-0.15, -0.1) is 0 Å². The van der Waals surface area contributed by atoms with Crippen LogP contribution >= 0.6 is 0 Å². The molecule has 0 spiro atoms. The second kappa shape index (κ2) is 5.47. The zero-order valence-corrected chi connectivity index (χ0v) is 13.0. The van der Waals surface area contributed by atoms with Gasteiger partial charge in [-0.25, -0.2) is 0 Å². The number of benzene rings is 1. The minimum atomic E-state index is -0.903. The molecule has 0 unspecified atom stereocenters. The number of fused-ring (bicyclic) bond motifs is 3. The van der Waals surface area contributed by atoms with E-state index in [1.165, 1.54) is 0 Å². The number of hydrogen-bond acceptors (Lipinski definition) is 3. The Bertz CT molecular complexity index is 770. The van der Waals surface area contributed by atoms with Crippen LogP contribution in [0.1, 0.15) is 18.4 Å². The molecule has 6 nitrogen and oxygen atoms in total. The van der Waals surface area contributed by atoms with E-state index in [9.17, 15) is 19.5 Å². The maximum absolute atomic E-state index is 12.7. The summed E-state index contributed by atoms with van der Waals surface area (Å²) in [7, 11) is 0. The van der Waals surface area contributed by atoms with E-state index in [2.05, 4.69) is 10.6 Å². The second-order valence-electron chi connectivity index (χ2n) is 6.75. The first-order valence-electron chi connectivity index (χ1n) is 8.17. The molecule has 1 aromatic carbocycles. The summed E-state index contributed by atoms with van der Waals surface area (Å²) in [4.78, 5) is 35.6. The van der Waals surface area contributed by atoms with Crippen molar-refractivity contribution in [3.63, 3.8) is 0 Å². The van der Waals surface area contributed by atoms with Crippen molar-refractivity contribution in [3.8, 4) is 0 Å². The third kappa shape index (κ3) is 2.38. The minimum absolute atomic E-state index is 0.00245. The number of carbonyl (C=O) groups excluding carboxylic acids is 2. The van der Waals surface area contributed by atoms with E-state index in [1.807, 2.05) is 18.2 Å². The third-order valence-electron chi connectivity index (χ3n) is 5.32. The van der Waals surface area contributed by atoms with Crippen molar-refractivity contribution in [2.45, 2.75) is 19.3 Å². The lowest BCUT2D eigenvalue weighted by Crippen LogP contribution is -2.36. The van der Waals surface area contributed by atoms with Crippen molar-refractivity contribution < 1.29 is 19.5 Å². The average Bonchev–Trinajstić information content (AvgIpc) is 3.16. The summed E-state index contributed by atoms with van der Waals surface area (Å²) >= 11 is 0. The summed E-state index contributed by atoms with van der Waals surface area (Å²) in [5.41, 5.74) is 2.40. The molecule has 1 fully saturated rings. The minimum Gasteiger partial charge on any atom is -0.481 e. The Morgan fingerprint density at radius 3 is 2.62 bits per heavy atom. The number of rotatable bonds is 3.